The number of anilines is 1. The van der Waals surface area contributed by atoms with Crippen LogP contribution in [0, 0.1) is 0 Å². The van der Waals surface area contributed by atoms with Crippen molar-refractivity contribution in [3.8, 4) is 0 Å². The topological polar surface area (TPSA) is 114 Å². The molecule has 8 nitrogen and oxygen atoms in total. The minimum Gasteiger partial charge on any atom is -0.394 e. The van der Waals surface area contributed by atoms with Gasteiger partial charge < -0.3 is 20.3 Å². The number of aliphatic hydroxyl groups is 2. The van der Waals surface area contributed by atoms with Crippen LogP contribution in [0.25, 0.3) is 0 Å². The third-order valence-electron chi connectivity index (χ3n) is 4.11. The van der Waals surface area contributed by atoms with Gasteiger partial charge in [-0.05, 0) is 18.2 Å². The van der Waals surface area contributed by atoms with Crippen molar-refractivity contribution < 1.29 is 24.1 Å². The highest BCUT2D eigenvalue weighted by Crippen LogP contribution is 2.28. The van der Waals surface area contributed by atoms with Crippen LogP contribution in [0.4, 0.5) is 10.2 Å². The van der Waals surface area contributed by atoms with E-state index in [1.807, 2.05) is 0 Å². The molecule has 3 rings (SSSR count). The Labute approximate surface area is 147 Å². The lowest BCUT2D eigenvalue weighted by atomic mass is 10.0. The fraction of sp³-hybridized carbons (Fsp3) is 0.353. The van der Waals surface area contributed by atoms with Crippen LogP contribution in [-0.4, -0.2) is 50.7 Å². The molecular formula is C17H18FN3O5. The molecule has 1 aromatic heterocycles. The number of carbonyl (C=O) groups excluding carboxylic acids is 1. The lowest BCUT2D eigenvalue weighted by Crippen LogP contribution is -2.48. The molecule has 0 spiro atoms. The summed E-state index contributed by atoms with van der Waals surface area (Å²) in [6.45, 7) is -0.578. The molecular weight excluding hydrogens is 345 g/mol. The molecule has 1 aromatic carbocycles. The lowest BCUT2D eigenvalue weighted by molar-refractivity contribution is -0.187. The van der Waals surface area contributed by atoms with Gasteiger partial charge in [0.05, 0.1) is 6.61 Å². The van der Waals surface area contributed by atoms with Crippen molar-refractivity contribution in [2.24, 2.45) is 0 Å². The van der Waals surface area contributed by atoms with Crippen LogP contribution in [0.15, 0.2) is 47.4 Å². The summed E-state index contributed by atoms with van der Waals surface area (Å²) < 4.78 is 20.3. The number of hydrogen-bond donors (Lipinski definition) is 3. The van der Waals surface area contributed by atoms with E-state index in [9.17, 15) is 19.1 Å². The normalized spacial score (nSPS) is 25.7. The number of hydrogen-bond acceptors (Lipinski definition) is 6. The zero-order chi connectivity index (χ0) is 18.7. The zero-order valence-corrected chi connectivity index (χ0v) is 13.7. The molecule has 2 aromatic rings. The summed E-state index contributed by atoms with van der Waals surface area (Å²) in [5.41, 5.74) is -0.338. The average molecular weight is 363 g/mol. The van der Waals surface area contributed by atoms with Crippen LogP contribution in [0.2, 0.25) is 0 Å². The van der Waals surface area contributed by atoms with Gasteiger partial charge in [0, 0.05) is 18.2 Å². The van der Waals surface area contributed by atoms with Crippen LogP contribution in [-0.2, 0) is 4.74 Å². The lowest BCUT2D eigenvalue weighted by Gasteiger charge is -2.35. The fourth-order valence-corrected chi connectivity index (χ4v) is 2.71. The van der Waals surface area contributed by atoms with Gasteiger partial charge in [-0.1, -0.05) is 18.2 Å². The molecule has 138 valence electrons. The maximum atomic E-state index is 13.9. The summed E-state index contributed by atoms with van der Waals surface area (Å²) in [4.78, 5) is 28.1. The first-order valence-electron chi connectivity index (χ1n) is 8.03. The molecule has 1 aliphatic heterocycles. The van der Waals surface area contributed by atoms with E-state index in [0.717, 1.165) is 4.57 Å². The molecule has 9 heteroatoms. The molecule has 1 unspecified atom stereocenters. The highest BCUT2D eigenvalue weighted by atomic mass is 19.1. The second-order valence-electron chi connectivity index (χ2n) is 5.88. The van der Waals surface area contributed by atoms with E-state index >= 15 is 0 Å². The highest BCUT2D eigenvalue weighted by molar-refractivity contribution is 6.03. The summed E-state index contributed by atoms with van der Waals surface area (Å²) in [6.07, 6.45) is -4.17. The van der Waals surface area contributed by atoms with Gasteiger partial charge in [-0.3, -0.25) is 9.36 Å². The molecule has 0 aliphatic carbocycles. The van der Waals surface area contributed by atoms with E-state index < -0.39 is 42.8 Å². The average Bonchev–Trinajstić information content (AvgIpc) is 2.65. The molecule has 3 N–H and O–H groups in total. The van der Waals surface area contributed by atoms with Crippen LogP contribution < -0.4 is 11.0 Å². The first kappa shape index (κ1) is 18.2. The summed E-state index contributed by atoms with van der Waals surface area (Å²) in [7, 11) is 0. The molecule has 0 bridgehead atoms. The van der Waals surface area contributed by atoms with Crippen molar-refractivity contribution in [1.82, 2.24) is 9.55 Å². The number of aliphatic hydroxyl groups excluding tert-OH is 2. The van der Waals surface area contributed by atoms with E-state index in [1.54, 1.807) is 30.3 Å². The van der Waals surface area contributed by atoms with Gasteiger partial charge in [-0.2, -0.15) is 4.98 Å². The maximum Gasteiger partial charge on any atom is 0.351 e. The van der Waals surface area contributed by atoms with E-state index in [2.05, 4.69) is 10.3 Å². The van der Waals surface area contributed by atoms with Gasteiger partial charge in [0.25, 0.3) is 5.91 Å². The molecule has 2 heterocycles. The summed E-state index contributed by atoms with van der Waals surface area (Å²) >= 11 is 0. The Balaban J connectivity index is 1.76. The molecule has 1 saturated heterocycles. The number of ether oxygens (including phenoxy) is 1. The number of aromatic nitrogens is 2. The zero-order valence-electron chi connectivity index (χ0n) is 13.7. The van der Waals surface area contributed by atoms with E-state index in [0.29, 0.717) is 5.56 Å². The standard InChI is InChI=1S/C17H18FN3O5/c18-11-8-14(26-12(9-22)15(11)23)21-7-6-13(20-17(21)25)19-16(24)10-4-2-1-3-5-10/h1-7,11-12,14-15,22-23H,8-9H2,(H,19,20,24,25)/t11-,12-,14-,15?/m1/s1. The molecule has 1 aliphatic rings. The van der Waals surface area contributed by atoms with Gasteiger partial charge in [0.1, 0.15) is 30.4 Å². The van der Waals surface area contributed by atoms with Crippen LogP contribution in [0.5, 0.6) is 0 Å². The number of alkyl halides is 1. The number of halogens is 1. The molecule has 26 heavy (non-hydrogen) atoms. The Bertz CT molecular complexity index is 829. The SMILES string of the molecule is O=C(Nc1ccn([C@H]2C[C@@H](F)C(O)[C@@H](CO)O2)c(=O)n1)c1ccccc1. The Hall–Kier alpha value is -2.62. The van der Waals surface area contributed by atoms with Crippen molar-refractivity contribution >= 4 is 11.7 Å². The summed E-state index contributed by atoms with van der Waals surface area (Å²) in [6, 6.07) is 9.81. The van der Waals surface area contributed by atoms with Crippen molar-refractivity contribution in [3.63, 3.8) is 0 Å². The van der Waals surface area contributed by atoms with Crippen LogP contribution >= 0.6 is 0 Å². The number of amides is 1. The predicted octanol–water partition coefficient (Wildman–Crippen LogP) is 0.474. The maximum absolute atomic E-state index is 13.9. The van der Waals surface area contributed by atoms with Crippen molar-refractivity contribution in [2.75, 3.05) is 11.9 Å². The quantitative estimate of drug-likeness (QED) is 0.728. The van der Waals surface area contributed by atoms with Crippen LogP contribution in [0.1, 0.15) is 23.0 Å². The van der Waals surface area contributed by atoms with Gasteiger partial charge in [0.15, 0.2) is 0 Å². The van der Waals surface area contributed by atoms with Crippen LogP contribution in [0.3, 0.4) is 0 Å². The predicted molar refractivity (Wildman–Crippen MR) is 89.4 cm³/mol. The van der Waals surface area contributed by atoms with Gasteiger partial charge in [-0.15, -0.1) is 0 Å². The Kier molecular flexibility index (Phi) is 5.40. The highest BCUT2D eigenvalue weighted by Gasteiger charge is 2.38. The molecule has 0 saturated carbocycles. The molecule has 4 atom stereocenters. The van der Waals surface area contributed by atoms with Crippen molar-refractivity contribution in [1.29, 1.82) is 0 Å². The van der Waals surface area contributed by atoms with E-state index in [-0.39, 0.29) is 12.2 Å². The van der Waals surface area contributed by atoms with E-state index in [1.165, 1.54) is 12.3 Å². The van der Waals surface area contributed by atoms with Gasteiger partial charge in [0.2, 0.25) is 0 Å². The summed E-state index contributed by atoms with van der Waals surface area (Å²) in [5, 5.41) is 21.3. The fourth-order valence-electron chi connectivity index (χ4n) is 2.71. The number of carbonyl (C=O) groups is 1. The second kappa shape index (κ2) is 7.73. The number of rotatable bonds is 4. The molecule has 1 amide bonds. The second-order valence-corrected chi connectivity index (χ2v) is 5.88. The van der Waals surface area contributed by atoms with E-state index in [4.69, 9.17) is 9.84 Å². The first-order chi connectivity index (χ1) is 12.5. The number of nitrogens with zero attached hydrogens (tertiary/aromatic N) is 2. The molecule has 0 radical (unpaired) electrons. The largest absolute Gasteiger partial charge is 0.394 e. The van der Waals surface area contributed by atoms with Gasteiger partial charge >= 0.3 is 5.69 Å². The third kappa shape index (κ3) is 3.79. The summed E-state index contributed by atoms with van der Waals surface area (Å²) in [5.74, 6) is -0.372. The number of benzene rings is 1. The Morgan fingerprint density at radius 3 is 2.73 bits per heavy atom. The van der Waals surface area contributed by atoms with Crippen molar-refractivity contribution in [3.05, 3.63) is 58.6 Å². The van der Waals surface area contributed by atoms with Gasteiger partial charge in [-0.25, -0.2) is 9.18 Å². The third-order valence-corrected chi connectivity index (χ3v) is 4.11. The Morgan fingerprint density at radius 2 is 2.08 bits per heavy atom. The number of nitrogens with one attached hydrogen (secondary N) is 1. The Morgan fingerprint density at radius 1 is 1.35 bits per heavy atom. The smallest absolute Gasteiger partial charge is 0.351 e. The minimum atomic E-state index is -1.64. The minimum absolute atomic E-state index is 0.0476. The molecule has 1 fully saturated rings. The first-order valence-corrected chi connectivity index (χ1v) is 8.03. The monoisotopic (exact) mass is 363 g/mol. The van der Waals surface area contributed by atoms with Crippen molar-refractivity contribution in [2.45, 2.75) is 31.0 Å².